The first-order chi connectivity index (χ1) is 11.4. The third-order valence-corrected chi connectivity index (χ3v) is 4.53. The van der Waals surface area contributed by atoms with E-state index in [1.54, 1.807) is 4.57 Å². The fourth-order valence-corrected chi connectivity index (χ4v) is 3.57. The molecule has 108 valence electrons. The number of para-hydroxylation sites is 3. The van der Waals surface area contributed by atoms with Crippen molar-refractivity contribution >= 4 is 32.8 Å². The van der Waals surface area contributed by atoms with Crippen LogP contribution in [0.4, 0.5) is 0 Å². The Balaban J connectivity index is 2.11. The number of hydrogen-bond acceptors (Lipinski definition) is 0. The number of hydrogen-bond donors (Lipinski definition) is 0. The van der Waals surface area contributed by atoms with E-state index in [1.165, 1.54) is 21.7 Å². The highest BCUT2D eigenvalue weighted by Crippen LogP contribution is 2.38. The van der Waals surface area contributed by atoms with E-state index in [0.717, 1.165) is 16.9 Å². The summed E-state index contributed by atoms with van der Waals surface area (Å²) in [5.41, 5.74) is 4.37. The van der Waals surface area contributed by atoms with Gasteiger partial charge in [0.1, 0.15) is 5.65 Å². The number of benzene rings is 3. The maximum Gasteiger partial charge on any atom is 0.127 e. The first kappa shape index (κ1) is 12.5. The standard InChI is InChI=1S/C21H14N2/c1-22-18-13-7-5-11-16(18)20-17-12-6-8-14-19(17)23(21(20)22)15-9-3-2-4-10-15/h1-14H. The van der Waals surface area contributed by atoms with Crippen molar-refractivity contribution in [3.63, 3.8) is 0 Å². The van der Waals surface area contributed by atoms with E-state index in [-0.39, 0.29) is 0 Å². The van der Waals surface area contributed by atoms with Crippen LogP contribution in [-0.4, -0.2) is 9.13 Å². The van der Waals surface area contributed by atoms with Gasteiger partial charge in [-0.05, 0) is 24.3 Å². The molecule has 0 bridgehead atoms. The highest BCUT2D eigenvalue weighted by Gasteiger charge is 2.18. The second kappa shape index (κ2) is 4.50. The molecule has 0 aliphatic carbocycles. The summed E-state index contributed by atoms with van der Waals surface area (Å²) in [6, 6.07) is 27.2. The second-order valence-corrected chi connectivity index (χ2v) is 5.77. The summed E-state index contributed by atoms with van der Waals surface area (Å²) < 4.78 is 4.04. The Hall–Kier alpha value is -3.00. The van der Waals surface area contributed by atoms with Crippen LogP contribution in [0.1, 0.15) is 0 Å². The van der Waals surface area contributed by atoms with Gasteiger partial charge in [0.25, 0.3) is 0 Å². The van der Waals surface area contributed by atoms with Crippen molar-refractivity contribution in [3.05, 3.63) is 85.9 Å². The maximum absolute atomic E-state index is 6.47. The van der Waals surface area contributed by atoms with E-state index >= 15 is 0 Å². The Morgan fingerprint density at radius 1 is 0.609 bits per heavy atom. The number of fused-ring (bicyclic) bond motifs is 5. The predicted octanol–water partition coefficient (Wildman–Crippen LogP) is 5.26. The molecule has 5 aromatic rings. The fraction of sp³-hybridized carbons (Fsp3) is 0. The summed E-state index contributed by atoms with van der Waals surface area (Å²) in [5, 5.41) is 3.63. The van der Waals surface area contributed by atoms with Crippen LogP contribution < -0.4 is 0 Å². The number of rotatable bonds is 1. The highest BCUT2D eigenvalue weighted by atomic mass is 15.1. The molecule has 2 radical (unpaired) electrons. The van der Waals surface area contributed by atoms with Gasteiger partial charge in [0.15, 0.2) is 0 Å². The van der Waals surface area contributed by atoms with Gasteiger partial charge in [-0.15, -0.1) is 0 Å². The molecule has 0 atom stereocenters. The van der Waals surface area contributed by atoms with Gasteiger partial charge in [-0.1, -0.05) is 54.6 Å². The summed E-state index contributed by atoms with van der Waals surface area (Å²) >= 11 is 0. The van der Waals surface area contributed by atoms with Gasteiger partial charge in [-0.2, -0.15) is 0 Å². The maximum atomic E-state index is 6.47. The predicted molar refractivity (Wildman–Crippen MR) is 96.0 cm³/mol. The molecule has 2 nitrogen and oxygen atoms in total. The summed E-state index contributed by atoms with van der Waals surface area (Å²) in [7, 11) is 6.47. The summed E-state index contributed by atoms with van der Waals surface area (Å²) in [6.45, 7) is 0. The normalized spacial score (nSPS) is 11.7. The van der Waals surface area contributed by atoms with E-state index in [1.807, 2.05) is 12.1 Å². The average Bonchev–Trinajstić information content (AvgIpc) is 3.10. The van der Waals surface area contributed by atoms with E-state index in [0.29, 0.717) is 0 Å². The molecule has 0 fully saturated rings. The van der Waals surface area contributed by atoms with Crippen LogP contribution in [0.2, 0.25) is 0 Å². The molecule has 0 spiro atoms. The zero-order valence-electron chi connectivity index (χ0n) is 12.5. The van der Waals surface area contributed by atoms with Gasteiger partial charge in [-0.25, -0.2) is 0 Å². The van der Waals surface area contributed by atoms with Crippen LogP contribution in [0.15, 0.2) is 78.9 Å². The first-order valence-corrected chi connectivity index (χ1v) is 7.69. The van der Waals surface area contributed by atoms with Crippen LogP contribution in [0.25, 0.3) is 38.5 Å². The molecule has 2 heterocycles. The van der Waals surface area contributed by atoms with Crippen molar-refractivity contribution in [2.24, 2.45) is 0 Å². The van der Waals surface area contributed by atoms with Crippen LogP contribution in [0.5, 0.6) is 0 Å². The number of aromatic nitrogens is 2. The molecule has 2 aromatic heterocycles. The summed E-state index contributed by atoms with van der Waals surface area (Å²) in [5.74, 6) is 0. The van der Waals surface area contributed by atoms with Gasteiger partial charge in [0.2, 0.25) is 0 Å². The minimum atomic E-state index is 1.03. The molecule has 23 heavy (non-hydrogen) atoms. The minimum Gasteiger partial charge on any atom is -0.319 e. The number of nitrogens with zero attached hydrogens (tertiary/aromatic N) is 2. The first-order valence-electron chi connectivity index (χ1n) is 7.69. The lowest BCUT2D eigenvalue weighted by molar-refractivity contribution is 1.07. The smallest absolute Gasteiger partial charge is 0.127 e. The molecule has 0 amide bonds. The second-order valence-electron chi connectivity index (χ2n) is 5.77. The van der Waals surface area contributed by atoms with Crippen molar-refractivity contribution < 1.29 is 0 Å². The Bertz CT molecular complexity index is 1160. The van der Waals surface area contributed by atoms with Crippen molar-refractivity contribution in [3.8, 4) is 5.69 Å². The largest absolute Gasteiger partial charge is 0.319 e. The highest BCUT2D eigenvalue weighted by molar-refractivity contribution is 6.21. The minimum absolute atomic E-state index is 1.03. The fourth-order valence-electron chi connectivity index (χ4n) is 3.57. The zero-order chi connectivity index (χ0) is 15.4. The van der Waals surface area contributed by atoms with Gasteiger partial charge < -0.3 is 4.57 Å². The Labute approximate surface area is 134 Å². The van der Waals surface area contributed by atoms with E-state index in [2.05, 4.69) is 71.3 Å². The van der Waals surface area contributed by atoms with Crippen molar-refractivity contribution in [1.29, 1.82) is 0 Å². The lowest BCUT2D eigenvalue weighted by Crippen LogP contribution is -1.97. The molecular formula is C21H14N2. The van der Waals surface area contributed by atoms with Gasteiger partial charge in [0.05, 0.1) is 18.1 Å². The lowest BCUT2D eigenvalue weighted by Gasteiger charge is -2.08. The molecule has 0 unspecified atom stereocenters. The summed E-state index contributed by atoms with van der Waals surface area (Å²) in [4.78, 5) is 0. The SMILES string of the molecule is [CH]n1c2ccccc2c2c3ccccc3n(-c3ccccc3)c21. The molecule has 5 rings (SSSR count). The van der Waals surface area contributed by atoms with Crippen molar-refractivity contribution in [2.75, 3.05) is 0 Å². The third kappa shape index (κ3) is 1.58. The Kier molecular flexibility index (Phi) is 2.45. The van der Waals surface area contributed by atoms with Gasteiger partial charge in [0, 0.05) is 21.8 Å². The topological polar surface area (TPSA) is 9.86 Å². The van der Waals surface area contributed by atoms with Crippen LogP contribution >= 0.6 is 0 Å². The molecule has 3 aromatic carbocycles. The van der Waals surface area contributed by atoms with Crippen LogP contribution in [0, 0.1) is 7.05 Å². The van der Waals surface area contributed by atoms with Gasteiger partial charge >= 0.3 is 0 Å². The lowest BCUT2D eigenvalue weighted by atomic mass is 10.1. The molecule has 0 aliphatic rings. The molecule has 0 saturated carbocycles. The molecular weight excluding hydrogens is 280 g/mol. The van der Waals surface area contributed by atoms with Gasteiger partial charge in [-0.3, -0.25) is 4.57 Å². The molecule has 0 saturated heterocycles. The molecule has 0 N–H and O–H groups in total. The third-order valence-electron chi connectivity index (χ3n) is 4.53. The van der Waals surface area contributed by atoms with Crippen molar-refractivity contribution in [1.82, 2.24) is 9.13 Å². The Morgan fingerprint density at radius 2 is 1.17 bits per heavy atom. The van der Waals surface area contributed by atoms with Crippen LogP contribution in [0.3, 0.4) is 0 Å². The van der Waals surface area contributed by atoms with E-state index in [4.69, 9.17) is 7.05 Å². The monoisotopic (exact) mass is 294 g/mol. The average molecular weight is 294 g/mol. The summed E-state index contributed by atoms with van der Waals surface area (Å²) in [6.07, 6.45) is 0. The quantitative estimate of drug-likeness (QED) is 0.399. The van der Waals surface area contributed by atoms with E-state index < -0.39 is 0 Å². The van der Waals surface area contributed by atoms with Crippen LogP contribution in [-0.2, 0) is 0 Å². The van der Waals surface area contributed by atoms with Crippen molar-refractivity contribution in [2.45, 2.75) is 0 Å². The molecule has 0 aliphatic heterocycles. The Morgan fingerprint density at radius 3 is 1.91 bits per heavy atom. The van der Waals surface area contributed by atoms with E-state index in [9.17, 15) is 0 Å². The molecule has 2 heteroatoms. The zero-order valence-corrected chi connectivity index (χ0v) is 12.5.